The first kappa shape index (κ1) is 23.6. The van der Waals surface area contributed by atoms with Crippen LogP contribution in [0.25, 0.3) is 0 Å². The summed E-state index contributed by atoms with van der Waals surface area (Å²) >= 11 is 0.642. The Kier molecular flexibility index (Phi) is 7.45. The van der Waals surface area contributed by atoms with Gasteiger partial charge in [-0.05, 0) is 37.6 Å². The summed E-state index contributed by atoms with van der Waals surface area (Å²) in [5.74, 6) is -0.638. The van der Waals surface area contributed by atoms with Crippen LogP contribution in [0, 0.1) is 6.92 Å². The van der Waals surface area contributed by atoms with Crippen molar-refractivity contribution >= 4 is 33.3 Å². The Hall–Kier alpha value is -2.63. The van der Waals surface area contributed by atoms with Crippen molar-refractivity contribution in [1.82, 2.24) is 4.72 Å². The second-order valence-electron chi connectivity index (χ2n) is 6.15. The highest BCUT2D eigenvalue weighted by molar-refractivity contribution is 7.91. The van der Waals surface area contributed by atoms with Crippen LogP contribution in [0.2, 0.25) is 0 Å². The van der Waals surface area contributed by atoms with E-state index in [0.29, 0.717) is 28.4 Å². The molecule has 0 spiro atoms. The average Bonchev–Trinajstić information content (AvgIpc) is 3.09. The van der Waals surface area contributed by atoms with Crippen LogP contribution in [0.4, 0.5) is 0 Å². The molecule has 1 aromatic carbocycles. The van der Waals surface area contributed by atoms with Crippen LogP contribution in [-0.4, -0.2) is 48.8 Å². The normalized spacial score (nSPS) is 12.2. The maximum atomic E-state index is 13.2. The maximum absolute atomic E-state index is 13.2. The molecule has 0 saturated carbocycles. The van der Waals surface area contributed by atoms with Gasteiger partial charge in [0.05, 0.1) is 34.0 Å². The number of carbonyl (C=O) groups is 2. The van der Waals surface area contributed by atoms with Gasteiger partial charge in [0.15, 0.2) is 4.21 Å². The number of sulfonamides is 1. The van der Waals surface area contributed by atoms with Crippen molar-refractivity contribution in [2.45, 2.75) is 24.1 Å². The number of hydrogen-bond acceptors (Lipinski definition) is 9. The largest absolute Gasteiger partial charge is 0.497 e. The topological polar surface area (TPSA) is 117 Å². The molecule has 1 aromatic heterocycles. The van der Waals surface area contributed by atoms with Gasteiger partial charge >= 0.3 is 11.9 Å². The third kappa shape index (κ3) is 4.58. The molecule has 30 heavy (non-hydrogen) atoms. The van der Waals surface area contributed by atoms with E-state index in [1.807, 2.05) is 0 Å². The predicted octanol–water partition coefficient (Wildman–Crippen LogP) is 2.69. The Morgan fingerprint density at radius 3 is 2.20 bits per heavy atom. The summed E-state index contributed by atoms with van der Waals surface area (Å²) in [6, 6.07) is 4.25. The third-order valence-corrected chi connectivity index (χ3v) is 7.69. The van der Waals surface area contributed by atoms with Gasteiger partial charge in [-0.2, -0.15) is 0 Å². The zero-order valence-corrected chi connectivity index (χ0v) is 19.0. The van der Waals surface area contributed by atoms with Crippen molar-refractivity contribution in [1.29, 1.82) is 0 Å². The van der Waals surface area contributed by atoms with Gasteiger partial charge < -0.3 is 18.9 Å². The summed E-state index contributed by atoms with van der Waals surface area (Å²) in [6.45, 7) is 3.08. The van der Waals surface area contributed by atoms with Crippen LogP contribution in [0.1, 0.15) is 44.1 Å². The molecule has 2 rings (SSSR count). The fraction of sp³-hybridized carbons (Fsp3) is 0.368. The lowest BCUT2D eigenvalue weighted by Crippen LogP contribution is -2.28. The number of carbonyl (C=O) groups excluding carboxylic acids is 2. The highest BCUT2D eigenvalue weighted by Gasteiger charge is 2.33. The number of nitrogens with one attached hydrogen (secondary N) is 1. The molecule has 0 unspecified atom stereocenters. The van der Waals surface area contributed by atoms with Gasteiger partial charge in [0.2, 0.25) is 0 Å². The summed E-state index contributed by atoms with van der Waals surface area (Å²) < 4.78 is 48.4. The molecule has 0 aliphatic heterocycles. The molecule has 0 radical (unpaired) electrons. The van der Waals surface area contributed by atoms with E-state index in [1.54, 1.807) is 25.1 Å². The Labute approximate surface area is 179 Å². The van der Waals surface area contributed by atoms with Gasteiger partial charge in [0.1, 0.15) is 16.4 Å². The number of benzene rings is 1. The molecular formula is C19H23NO8S2. The second-order valence-corrected chi connectivity index (χ2v) is 9.08. The minimum absolute atomic E-state index is 0.00453. The van der Waals surface area contributed by atoms with Crippen molar-refractivity contribution in [3.05, 3.63) is 39.8 Å². The fourth-order valence-corrected chi connectivity index (χ4v) is 5.81. The zero-order valence-electron chi connectivity index (χ0n) is 17.4. The molecule has 11 heteroatoms. The standard InChI is InChI=1S/C19H23NO8S2/c1-10-15(17(21)27-5)19(29-16(10)18(22)28-6)30(23,24)20-11(2)13-9-12(25-3)7-8-14(13)26-4/h7-9,11,20H,1-6H3/t11-/m0/s1. The molecule has 0 aliphatic carbocycles. The van der Waals surface area contributed by atoms with Crippen molar-refractivity contribution in [3.8, 4) is 11.5 Å². The smallest absolute Gasteiger partial charge is 0.348 e. The van der Waals surface area contributed by atoms with Crippen LogP contribution in [0.15, 0.2) is 22.4 Å². The third-order valence-electron chi connectivity index (χ3n) is 4.35. The highest BCUT2D eigenvalue weighted by Crippen LogP contribution is 2.35. The summed E-state index contributed by atoms with van der Waals surface area (Å²) in [6.07, 6.45) is 0. The summed E-state index contributed by atoms with van der Waals surface area (Å²) in [5.41, 5.74) is 0.493. The van der Waals surface area contributed by atoms with E-state index in [9.17, 15) is 18.0 Å². The molecule has 1 N–H and O–H groups in total. The molecule has 0 amide bonds. The van der Waals surface area contributed by atoms with Crippen molar-refractivity contribution in [2.24, 2.45) is 0 Å². The highest BCUT2D eigenvalue weighted by atomic mass is 32.2. The quantitative estimate of drug-likeness (QED) is 0.601. The molecule has 0 aliphatic rings. The van der Waals surface area contributed by atoms with E-state index < -0.39 is 28.0 Å². The number of thiophene rings is 1. The van der Waals surface area contributed by atoms with Gasteiger partial charge in [0.25, 0.3) is 10.0 Å². The van der Waals surface area contributed by atoms with Crippen LogP contribution >= 0.6 is 11.3 Å². The molecule has 0 fully saturated rings. The average molecular weight is 458 g/mol. The van der Waals surface area contributed by atoms with Crippen LogP contribution in [0.3, 0.4) is 0 Å². The van der Waals surface area contributed by atoms with Gasteiger partial charge in [-0.15, -0.1) is 11.3 Å². The molecule has 0 bridgehead atoms. The van der Waals surface area contributed by atoms with Crippen LogP contribution in [-0.2, 0) is 19.5 Å². The van der Waals surface area contributed by atoms with Crippen molar-refractivity contribution in [2.75, 3.05) is 28.4 Å². The van der Waals surface area contributed by atoms with E-state index in [1.165, 1.54) is 28.3 Å². The molecular weight excluding hydrogens is 434 g/mol. The Balaban J connectivity index is 2.54. The lowest BCUT2D eigenvalue weighted by Gasteiger charge is -2.18. The van der Waals surface area contributed by atoms with E-state index in [-0.39, 0.29) is 20.2 Å². The zero-order chi connectivity index (χ0) is 22.6. The SMILES string of the molecule is COC(=O)c1sc(S(=O)(=O)N[C@@H](C)c2cc(OC)ccc2OC)c(C(=O)OC)c1C. The minimum Gasteiger partial charge on any atom is -0.497 e. The van der Waals surface area contributed by atoms with E-state index >= 15 is 0 Å². The molecule has 164 valence electrons. The fourth-order valence-electron chi connectivity index (χ4n) is 2.83. The number of rotatable bonds is 8. The van der Waals surface area contributed by atoms with Gasteiger partial charge in [0, 0.05) is 11.6 Å². The van der Waals surface area contributed by atoms with Crippen molar-refractivity contribution in [3.63, 3.8) is 0 Å². The second kappa shape index (κ2) is 9.45. The summed E-state index contributed by atoms with van der Waals surface area (Å²) in [7, 11) is 1.04. The monoisotopic (exact) mass is 457 g/mol. The number of hydrogen-bond donors (Lipinski definition) is 1. The first-order valence-corrected chi connectivity index (χ1v) is 10.9. The van der Waals surface area contributed by atoms with Crippen molar-refractivity contribution < 1.29 is 37.0 Å². The lowest BCUT2D eigenvalue weighted by atomic mass is 10.1. The van der Waals surface area contributed by atoms with Gasteiger partial charge in [-0.1, -0.05) is 0 Å². The number of methoxy groups -OCH3 is 4. The summed E-state index contributed by atoms with van der Waals surface area (Å²) in [4.78, 5) is 24.3. The predicted molar refractivity (Wildman–Crippen MR) is 110 cm³/mol. The van der Waals surface area contributed by atoms with E-state index in [0.717, 1.165) is 7.11 Å². The first-order chi connectivity index (χ1) is 14.1. The Morgan fingerprint density at radius 1 is 1.03 bits per heavy atom. The van der Waals surface area contributed by atoms with Gasteiger partial charge in [-0.25, -0.2) is 22.7 Å². The lowest BCUT2D eigenvalue weighted by molar-refractivity contribution is 0.0596. The van der Waals surface area contributed by atoms with E-state index in [2.05, 4.69) is 4.72 Å². The van der Waals surface area contributed by atoms with Crippen LogP contribution in [0.5, 0.6) is 11.5 Å². The van der Waals surface area contributed by atoms with E-state index in [4.69, 9.17) is 18.9 Å². The molecule has 0 saturated heterocycles. The molecule has 9 nitrogen and oxygen atoms in total. The Bertz CT molecular complexity index is 1060. The molecule has 2 aromatic rings. The molecule has 1 heterocycles. The van der Waals surface area contributed by atoms with Crippen LogP contribution < -0.4 is 14.2 Å². The Morgan fingerprint density at radius 2 is 1.67 bits per heavy atom. The summed E-state index contributed by atoms with van der Waals surface area (Å²) in [5, 5.41) is 0. The maximum Gasteiger partial charge on any atom is 0.348 e. The number of esters is 2. The number of ether oxygens (including phenoxy) is 4. The first-order valence-electron chi connectivity index (χ1n) is 8.65. The minimum atomic E-state index is -4.22. The van der Waals surface area contributed by atoms with Gasteiger partial charge in [-0.3, -0.25) is 0 Å². The molecule has 1 atom stereocenters.